The summed E-state index contributed by atoms with van der Waals surface area (Å²) in [6.45, 7) is 8.70. The van der Waals surface area contributed by atoms with Crippen molar-refractivity contribution in [1.82, 2.24) is 10.2 Å². The lowest BCUT2D eigenvalue weighted by Crippen LogP contribution is -2.41. The van der Waals surface area contributed by atoms with Gasteiger partial charge in [-0.25, -0.2) is 9.59 Å². The predicted octanol–water partition coefficient (Wildman–Crippen LogP) is 3.17. The molecular weight excluding hydrogens is 308 g/mol. The van der Waals surface area contributed by atoms with Crippen LogP contribution in [0.2, 0.25) is 0 Å². The fourth-order valence-electron chi connectivity index (χ4n) is 2.55. The third kappa shape index (κ3) is 5.44. The van der Waals surface area contributed by atoms with Gasteiger partial charge in [0.15, 0.2) is 0 Å². The van der Waals surface area contributed by atoms with Crippen molar-refractivity contribution in [3.8, 4) is 0 Å². The van der Waals surface area contributed by atoms with Gasteiger partial charge in [-0.2, -0.15) is 0 Å². The second-order valence-electron chi connectivity index (χ2n) is 7.18. The Hall–Kier alpha value is -2.24. The molecule has 2 rings (SSSR count). The summed E-state index contributed by atoms with van der Waals surface area (Å²) in [6, 6.07) is 9.36. The molecule has 0 bridgehead atoms. The monoisotopic (exact) mass is 334 g/mol. The average Bonchev–Trinajstić information content (AvgIpc) is 2.86. The summed E-state index contributed by atoms with van der Waals surface area (Å²) in [4.78, 5) is 25.7. The van der Waals surface area contributed by atoms with Crippen LogP contribution in [0.25, 0.3) is 0 Å². The molecule has 1 saturated heterocycles. The van der Waals surface area contributed by atoms with Crippen LogP contribution < -0.4 is 5.32 Å². The van der Waals surface area contributed by atoms with Gasteiger partial charge in [0.25, 0.3) is 0 Å². The first kappa shape index (κ1) is 18.1. The molecule has 0 unspecified atom stereocenters. The lowest BCUT2D eigenvalue weighted by atomic mass is 10.1. The van der Waals surface area contributed by atoms with Gasteiger partial charge in [0.2, 0.25) is 0 Å². The Balaban J connectivity index is 1.80. The van der Waals surface area contributed by atoms with Crippen LogP contribution in [-0.4, -0.2) is 41.8 Å². The first-order valence-electron chi connectivity index (χ1n) is 8.20. The predicted molar refractivity (Wildman–Crippen MR) is 90.5 cm³/mol. The molecule has 6 heteroatoms. The van der Waals surface area contributed by atoms with E-state index in [0.29, 0.717) is 13.1 Å². The van der Waals surface area contributed by atoms with E-state index in [4.69, 9.17) is 9.47 Å². The highest BCUT2D eigenvalue weighted by atomic mass is 16.6. The van der Waals surface area contributed by atoms with Gasteiger partial charge in [-0.1, -0.05) is 37.3 Å². The summed E-state index contributed by atoms with van der Waals surface area (Å²) in [5.74, 6) is 0.141. The average molecular weight is 334 g/mol. The molecule has 1 aromatic rings. The normalized spacial score (nSPS) is 20.6. The van der Waals surface area contributed by atoms with Crippen LogP contribution in [0, 0.1) is 5.92 Å². The molecule has 24 heavy (non-hydrogen) atoms. The molecule has 0 aliphatic carbocycles. The van der Waals surface area contributed by atoms with Gasteiger partial charge in [0.05, 0.1) is 6.04 Å². The van der Waals surface area contributed by atoms with Crippen molar-refractivity contribution >= 4 is 12.2 Å². The fourth-order valence-corrected chi connectivity index (χ4v) is 2.55. The van der Waals surface area contributed by atoms with Gasteiger partial charge < -0.3 is 19.7 Å². The van der Waals surface area contributed by atoms with Gasteiger partial charge in [-0.3, -0.25) is 0 Å². The third-order valence-electron chi connectivity index (χ3n) is 3.78. The van der Waals surface area contributed by atoms with E-state index in [2.05, 4.69) is 5.32 Å². The second kappa shape index (κ2) is 7.55. The molecule has 0 aromatic heterocycles. The molecule has 1 N–H and O–H groups in total. The highest BCUT2D eigenvalue weighted by molar-refractivity contribution is 5.70. The van der Waals surface area contributed by atoms with Gasteiger partial charge in [0, 0.05) is 13.1 Å². The van der Waals surface area contributed by atoms with Crippen LogP contribution in [0.4, 0.5) is 9.59 Å². The van der Waals surface area contributed by atoms with E-state index in [9.17, 15) is 9.59 Å². The van der Waals surface area contributed by atoms with Crippen LogP contribution in [0.3, 0.4) is 0 Å². The number of alkyl carbamates (subject to hydrolysis) is 1. The molecular formula is C18H26N2O4. The molecule has 1 aliphatic heterocycles. The maximum absolute atomic E-state index is 12.1. The quantitative estimate of drug-likeness (QED) is 0.922. The Morgan fingerprint density at radius 2 is 1.88 bits per heavy atom. The molecule has 2 amide bonds. The van der Waals surface area contributed by atoms with Gasteiger partial charge in [0.1, 0.15) is 12.2 Å². The number of nitrogens with zero attached hydrogens (tertiary/aromatic N) is 1. The van der Waals surface area contributed by atoms with E-state index < -0.39 is 11.7 Å². The number of carbonyl (C=O) groups is 2. The molecule has 0 spiro atoms. The summed E-state index contributed by atoms with van der Waals surface area (Å²) >= 11 is 0. The van der Waals surface area contributed by atoms with Crippen molar-refractivity contribution in [1.29, 1.82) is 0 Å². The maximum atomic E-state index is 12.1. The molecule has 132 valence electrons. The first-order chi connectivity index (χ1) is 11.2. The number of hydrogen-bond donors (Lipinski definition) is 1. The Morgan fingerprint density at radius 1 is 1.21 bits per heavy atom. The van der Waals surface area contributed by atoms with Crippen LogP contribution in [0.1, 0.15) is 33.3 Å². The summed E-state index contributed by atoms with van der Waals surface area (Å²) in [6.07, 6.45) is -0.821. The molecule has 2 atom stereocenters. The molecule has 1 heterocycles. The molecule has 1 aromatic carbocycles. The number of carbonyl (C=O) groups excluding carboxylic acids is 2. The molecule has 6 nitrogen and oxygen atoms in total. The molecule has 1 aliphatic rings. The third-order valence-corrected chi connectivity index (χ3v) is 3.78. The molecule has 1 fully saturated rings. The highest BCUT2D eigenvalue weighted by Gasteiger charge is 2.35. The van der Waals surface area contributed by atoms with Crippen molar-refractivity contribution in [3.63, 3.8) is 0 Å². The van der Waals surface area contributed by atoms with Crippen molar-refractivity contribution in [2.45, 2.75) is 45.9 Å². The first-order valence-corrected chi connectivity index (χ1v) is 8.20. The van der Waals surface area contributed by atoms with Crippen LogP contribution in [0.5, 0.6) is 0 Å². The topological polar surface area (TPSA) is 67.9 Å². The number of benzene rings is 1. The van der Waals surface area contributed by atoms with Crippen LogP contribution >= 0.6 is 0 Å². The standard InChI is InChI=1S/C18H26N2O4/c1-13-10-20(17(22)24-18(2,3)4)11-15(13)19-16(21)23-12-14-8-6-5-7-9-14/h5-9,13,15H,10-12H2,1-4H3,(H,19,21)/t13-,15+/m1/s1. The minimum absolute atomic E-state index is 0.138. The number of likely N-dealkylation sites (tertiary alicyclic amines) is 1. The number of rotatable bonds is 3. The Kier molecular flexibility index (Phi) is 5.70. The summed E-state index contributed by atoms with van der Waals surface area (Å²) in [7, 11) is 0. The second-order valence-corrected chi connectivity index (χ2v) is 7.18. The largest absolute Gasteiger partial charge is 0.445 e. The van der Waals surface area contributed by atoms with Crippen LogP contribution in [-0.2, 0) is 16.1 Å². The number of ether oxygens (including phenoxy) is 2. The van der Waals surface area contributed by atoms with Gasteiger partial charge >= 0.3 is 12.2 Å². The molecule has 0 saturated carbocycles. The minimum Gasteiger partial charge on any atom is -0.445 e. The molecule has 0 radical (unpaired) electrons. The van der Waals surface area contributed by atoms with Gasteiger partial charge in [-0.05, 0) is 32.3 Å². The van der Waals surface area contributed by atoms with E-state index in [1.165, 1.54) is 0 Å². The van der Waals surface area contributed by atoms with Crippen molar-refractivity contribution < 1.29 is 19.1 Å². The summed E-state index contributed by atoms with van der Waals surface area (Å²) in [5, 5.41) is 2.84. The highest BCUT2D eigenvalue weighted by Crippen LogP contribution is 2.19. The lowest BCUT2D eigenvalue weighted by molar-refractivity contribution is 0.0285. The van der Waals surface area contributed by atoms with Crippen molar-refractivity contribution in [2.75, 3.05) is 13.1 Å². The SMILES string of the molecule is C[C@@H]1CN(C(=O)OC(C)(C)C)C[C@@H]1NC(=O)OCc1ccccc1. The van der Waals surface area contributed by atoms with E-state index in [1.807, 2.05) is 58.0 Å². The number of amides is 2. The zero-order valence-electron chi connectivity index (χ0n) is 14.7. The zero-order valence-corrected chi connectivity index (χ0v) is 14.7. The lowest BCUT2D eigenvalue weighted by Gasteiger charge is -2.24. The summed E-state index contributed by atoms with van der Waals surface area (Å²) < 4.78 is 10.6. The van der Waals surface area contributed by atoms with E-state index in [0.717, 1.165) is 5.56 Å². The minimum atomic E-state index is -0.527. The number of hydrogen-bond acceptors (Lipinski definition) is 4. The smallest absolute Gasteiger partial charge is 0.410 e. The zero-order chi connectivity index (χ0) is 17.7. The van der Waals surface area contributed by atoms with Gasteiger partial charge in [-0.15, -0.1) is 0 Å². The van der Waals surface area contributed by atoms with E-state index >= 15 is 0 Å². The Morgan fingerprint density at radius 3 is 2.50 bits per heavy atom. The number of nitrogens with one attached hydrogen (secondary N) is 1. The Bertz CT molecular complexity index is 568. The maximum Gasteiger partial charge on any atom is 0.410 e. The van der Waals surface area contributed by atoms with Crippen LogP contribution in [0.15, 0.2) is 30.3 Å². The summed E-state index contributed by atoms with van der Waals surface area (Å²) in [5.41, 5.74) is 0.406. The fraction of sp³-hybridized carbons (Fsp3) is 0.556. The van der Waals surface area contributed by atoms with E-state index in [1.54, 1.807) is 4.90 Å². The van der Waals surface area contributed by atoms with Crippen molar-refractivity contribution in [3.05, 3.63) is 35.9 Å². The van der Waals surface area contributed by atoms with E-state index in [-0.39, 0.29) is 24.7 Å². The Labute approximate surface area is 143 Å². The van der Waals surface area contributed by atoms with Crippen molar-refractivity contribution in [2.24, 2.45) is 5.92 Å².